The monoisotopic (exact) mass is 241 g/mol. The second-order valence-electron chi connectivity index (χ2n) is 4.28. The Kier molecular flexibility index (Phi) is 5.22. The zero-order valence-corrected chi connectivity index (χ0v) is 11.8. The molecule has 3 nitrogen and oxygen atoms in total. The van der Waals surface area contributed by atoms with Gasteiger partial charge in [0.15, 0.2) is 5.13 Å². The lowest BCUT2D eigenvalue weighted by atomic mass is 10.2. The van der Waals surface area contributed by atoms with Gasteiger partial charge in [0.2, 0.25) is 0 Å². The van der Waals surface area contributed by atoms with Gasteiger partial charge in [-0.1, -0.05) is 13.3 Å². The van der Waals surface area contributed by atoms with Crippen LogP contribution in [0.5, 0.6) is 0 Å². The average Bonchev–Trinajstić information content (AvgIpc) is 2.60. The van der Waals surface area contributed by atoms with Crippen molar-refractivity contribution in [3.05, 3.63) is 10.6 Å². The van der Waals surface area contributed by atoms with Gasteiger partial charge < -0.3 is 10.2 Å². The molecular weight excluding hydrogens is 218 g/mol. The average molecular weight is 241 g/mol. The van der Waals surface area contributed by atoms with E-state index in [2.05, 4.69) is 43.0 Å². The van der Waals surface area contributed by atoms with Crippen molar-refractivity contribution < 1.29 is 0 Å². The van der Waals surface area contributed by atoms with Gasteiger partial charge in [0, 0.05) is 24.5 Å². The highest BCUT2D eigenvalue weighted by Crippen LogP contribution is 2.27. The molecule has 0 saturated carbocycles. The number of hydrogen-bond donors (Lipinski definition) is 1. The molecule has 0 fully saturated rings. The Morgan fingerprint density at radius 1 is 1.50 bits per heavy atom. The van der Waals surface area contributed by atoms with Crippen LogP contribution in [-0.2, 0) is 6.54 Å². The Labute approximate surface area is 103 Å². The van der Waals surface area contributed by atoms with Gasteiger partial charge in [-0.3, -0.25) is 0 Å². The predicted octanol–water partition coefficient (Wildman–Crippen LogP) is 2.80. The van der Waals surface area contributed by atoms with E-state index >= 15 is 0 Å². The van der Waals surface area contributed by atoms with E-state index in [0.29, 0.717) is 6.04 Å². The minimum atomic E-state index is 0.568. The number of aromatic nitrogens is 1. The van der Waals surface area contributed by atoms with Gasteiger partial charge in [0.25, 0.3) is 0 Å². The number of hydrogen-bond acceptors (Lipinski definition) is 4. The summed E-state index contributed by atoms with van der Waals surface area (Å²) in [6.45, 7) is 7.49. The van der Waals surface area contributed by atoms with E-state index in [9.17, 15) is 0 Å². The third kappa shape index (κ3) is 3.19. The number of aryl methyl sites for hydroxylation is 1. The van der Waals surface area contributed by atoms with Crippen molar-refractivity contribution in [2.24, 2.45) is 0 Å². The SMILES string of the molecule is CCCC(C)N(C)c1nc(C)c(CNC)s1. The first-order valence-corrected chi connectivity index (χ1v) is 6.75. The molecular formula is C12H23N3S. The molecule has 0 aromatic carbocycles. The molecule has 4 heteroatoms. The van der Waals surface area contributed by atoms with Crippen molar-refractivity contribution in [3.63, 3.8) is 0 Å². The number of rotatable bonds is 6. The van der Waals surface area contributed by atoms with E-state index < -0.39 is 0 Å². The minimum absolute atomic E-state index is 0.568. The van der Waals surface area contributed by atoms with Gasteiger partial charge in [-0.05, 0) is 27.3 Å². The summed E-state index contributed by atoms with van der Waals surface area (Å²) in [5.41, 5.74) is 1.16. The van der Waals surface area contributed by atoms with Crippen molar-refractivity contribution in [2.45, 2.75) is 46.2 Å². The number of thiazole rings is 1. The third-order valence-corrected chi connectivity index (χ3v) is 4.14. The maximum absolute atomic E-state index is 4.64. The Hall–Kier alpha value is -0.610. The third-order valence-electron chi connectivity index (χ3n) is 2.89. The Morgan fingerprint density at radius 2 is 2.19 bits per heavy atom. The molecule has 1 heterocycles. The van der Waals surface area contributed by atoms with Crippen LogP contribution >= 0.6 is 11.3 Å². The van der Waals surface area contributed by atoms with Gasteiger partial charge in [0.1, 0.15) is 0 Å². The molecule has 1 atom stereocenters. The number of anilines is 1. The first-order valence-electron chi connectivity index (χ1n) is 5.93. The number of nitrogens with zero attached hydrogens (tertiary/aromatic N) is 2. The molecule has 0 aliphatic rings. The summed E-state index contributed by atoms with van der Waals surface area (Å²) in [6.07, 6.45) is 2.44. The molecule has 0 spiro atoms. The molecule has 1 aromatic rings. The smallest absolute Gasteiger partial charge is 0.185 e. The Morgan fingerprint density at radius 3 is 2.75 bits per heavy atom. The Balaban J connectivity index is 2.75. The lowest BCUT2D eigenvalue weighted by Gasteiger charge is -2.23. The molecule has 1 rings (SSSR count). The van der Waals surface area contributed by atoms with Crippen molar-refractivity contribution in [2.75, 3.05) is 19.0 Å². The van der Waals surface area contributed by atoms with Crippen LogP contribution in [0.1, 0.15) is 37.3 Å². The van der Waals surface area contributed by atoms with E-state index in [4.69, 9.17) is 0 Å². The van der Waals surface area contributed by atoms with Crippen LogP contribution < -0.4 is 10.2 Å². The lowest BCUT2D eigenvalue weighted by molar-refractivity contribution is 0.615. The fourth-order valence-electron chi connectivity index (χ4n) is 1.69. The van der Waals surface area contributed by atoms with Gasteiger partial charge in [-0.25, -0.2) is 4.98 Å². The molecule has 0 radical (unpaired) electrons. The normalized spacial score (nSPS) is 12.8. The van der Waals surface area contributed by atoms with E-state index in [1.54, 1.807) is 11.3 Å². The standard InChI is InChI=1S/C12H23N3S/c1-6-7-9(2)15(5)12-14-10(3)11(16-12)8-13-4/h9,13H,6-8H2,1-5H3. The Bertz CT molecular complexity index is 322. The minimum Gasteiger partial charge on any atom is -0.348 e. The lowest BCUT2D eigenvalue weighted by Crippen LogP contribution is -2.28. The van der Waals surface area contributed by atoms with E-state index in [1.165, 1.54) is 17.7 Å². The van der Waals surface area contributed by atoms with Crippen molar-refractivity contribution in [1.29, 1.82) is 0 Å². The summed E-state index contributed by atoms with van der Waals surface area (Å²) in [6, 6.07) is 0.568. The second-order valence-corrected chi connectivity index (χ2v) is 5.35. The molecule has 0 saturated heterocycles. The molecule has 1 N–H and O–H groups in total. The zero-order valence-electron chi connectivity index (χ0n) is 11.0. The van der Waals surface area contributed by atoms with Crippen LogP contribution in [0.2, 0.25) is 0 Å². The summed E-state index contributed by atoms with van der Waals surface area (Å²) >= 11 is 1.80. The van der Waals surface area contributed by atoms with Gasteiger partial charge in [0.05, 0.1) is 5.69 Å². The predicted molar refractivity (Wildman–Crippen MR) is 72.4 cm³/mol. The zero-order chi connectivity index (χ0) is 12.1. The summed E-state index contributed by atoms with van der Waals surface area (Å²) in [5.74, 6) is 0. The highest BCUT2D eigenvalue weighted by molar-refractivity contribution is 7.15. The van der Waals surface area contributed by atoms with E-state index in [0.717, 1.165) is 17.4 Å². The quantitative estimate of drug-likeness (QED) is 0.830. The maximum Gasteiger partial charge on any atom is 0.185 e. The summed E-state index contributed by atoms with van der Waals surface area (Å²) < 4.78 is 0. The van der Waals surface area contributed by atoms with Crippen molar-refractivity contribution in [1.82, 2.24) is 10.3 Å². The highest BCUT2D eigenvalue weighted by Gasteiger charge is 2.14. The maximum atomic E-state index is 4.64. The van der Waals surface area contributed by atoms with Gasteiger partial charge in [-0.15, -0.1) is 11.3 Å². The first-order chi connectivity index (χ1) is 7.60. The van der Waals surface area contributed by atoms with Crippen LogP contribution in [0.15, 0.2) is 0 Å². The molecule has 1 aromatic heterocycles. The van der Waals surface area contributed by atoms with Crippen LogP contribution in [0, 0.1) is 6.92 Å². The molecule has 0 aliphatic carbocycles. The summed E-state index contributed by atoms with van der Waals surface area (Å²) in [7, 11) is 4.12. The fourth-order valence-corrected chi connectivity index (χ4v) is 2.82. The molecule has 92 valence electrons. The highest BCUT2D eigenvalue weighted by atomic mass is 32.1. The van der Waals surface area contributed by atoms with Crippen LogP contribution in [0.3, 0.4) is 0 Å². The topological polar surface area (TPSA) is 28.2 Å². The van der Waals surface area contributed by atoms with Crippen LogP contribution in [-0.4, -0.2) is 25.1 Å². The summed E-state index contributed by atoms with van der Waals surface area (Å²) in [5, 5.41) is 4.33. The van der Waals surface area contributed by atoms with Crippen molar-refractivity contribution in [3.8, 4) is 0 Å². The van der Waals surface area contributed by atoms with Crippen molar-refractivity contribution >= 4 is 16.5 Å². The second kappa shape index (κ2) is 6.21. The molecule has 0 amide bonds. The van der Waals surface area contributed by atoms with Gasteiger partial charge >= 0.3 is 0 Å². The first kappa shape index (κ1) is 13.5. The van der Waals surface area contributed by atoms with Gasteiger partial charge in [-0.2, -0.15) is 0 Å². The van der Waals surface area contributed by atoms with Crippen LogP contribution in [0.4, 0.5) is 5.13 Å². The fraction of sp³-hybridized carbons (Fsp3) is 0.750. The number of nitrogens with one attached hydrogen (secondary N) is 1. The molecule has 1 unspecified atom stereocenters. The molecule has 16 heavy (non-hydrogen) atoms. The largest absolute Gasteiger partial charge is 0.348 e. The molecule has 0 aliphatic heterocycles. The summed E-state index contributed by atoms with van der Waals surface area (Å²) in [4.78, 5) is 8.27. The van der Waals surface area contributed by atoms with E-state index in [1.807, 2.05) is 7.05 Å². The van der Waals surface area contributed by atoms with E-state index in [-0.39, 0.29) is 0 Å². The van der Waals surface area contributed by atoms with Crippen LogP contribution in [0.25, 0.3) is 0 Å². The molecule has 0 bridgehead atoms.